The van der Waals surface area contributed by atoms with Crippen molar-refractivity contribution in [1.82, 2.24) is 24.8 Å². The van der Waals surface area contributed by atoms with Crippen molar-refractivity contribution in [2.45, 2.75) is 6.42 Å². The van der Waals surface area contributed by atoms with Gasteiger partial charge >= 0.3 is 0 Å². The van der Waals surface area contributed by atoms with Gasteiger partial charge in [-0.2, -0.15) is 9.61 Å². The number of benzene rings is 2. The molecule has 0 amide bonds. The highest BCUT2D eigenvalue weighted by atomic mass is 35.5. The summed E-state index contributed by atoms with van der Waals surface area (Å²) < 4.78 is 12.4. The van der Waals surface area contributed by atoms with Crippen LogP contribution >= 0.6 is 22.9 Å². The molecule has 0 atom stereocenters. The number of nitrogens with one attached hydrogen (secondary N) is 1. The average molecular weight is 426 g/mol. The highest BCUT2D eigenvalue weighted by Gasteiger charge is 2.17. The summed E-state index contributed by atoms with van der Waals surface area (Å²) in [5, 5.41) is 15.9. The molecule has 5 rings (SSSR count). The fraction of sp³-hybridized carbons (Fsp3) is 0.150. The van der Waals surface area contributed by atoms with Gasteiger partial charge < -0.3 is 14.5 Å². The first-order valence-corrected chi connectivity index (χ1v) is 10.0. The van der Waals surface area contributed by atoms with E-state index in [1.54, 1.807) is 24.8 Å². The number of aromatic amines is 1. The van der Waals surface area contributed by atoms with Crippen LogP contribution in [-0.2, 0) is 6.42 Å². The summed E-state index contributed by atoms with van der Waals surface area (Å²) >= 11 is 7.89. The first kappa shape index (κ1) is 18.0. The second-order valence-corrected chi connectivity index (χ2v) is 7.91. The third-order valence-corrected chi connectivity index (χ3v) is 5.99. The maximum Gasteiger partial charge on any atom is 0.234 e. The van der Waals surface area contributed by atoms with Gasteiger partial charge in [0, 0.05) is 29.1 Å². The van der Waals surface area contributed by atoms with E-state index in [1.807, 2.05) is 36.5 Å². The van der Waals surface area contributed by atoms with Gasteiger partial charge in [-0.15, -0.1) is 10.2 Å². The van der Waals surface area contributed by atoms with E-state index in [1.165, 1.54) is 11.3 Å². The van der Waals surface area contributed by atoms with E-state index in [-0.39, 0.29) is 0 Å². The van der Waals surface area contributed by atoms with E-state index in [9.17, 15) is 0 Å². The lowest BCUT2D eigenvalue weighted by Gasteiger charge is -2.04. The Balaban J connectivity index is 1.54. The van der Waals surface area contributed by atoms with Gasteiger partial charge in [0.15, 0.2) is 5.82 Å². The van der Waals surface area contributed by atoms with Crippen LogP contribution in [0.25, 0.3) is 27.3 Å². The van der Waals surface area contributed by atoms with Crippen molar-refractivity contribution in [3.05, 3.63) is 58.2 Å². The van der Waals surface area contributed by atoms with E-state index in [0.717, 1.165) is 32.8 Å². The van der Waals surface area contributed by atoms with Crippen LogP contribution in [0.3, 0.4) is 0 Å². The Hall–Kier alpha value is -3.10. The molecule has 0 saturated heterocycles. The SMILES string of the molecule is COc1ccc(Cl)c(-c2nnc3sc(Cc4c[nH]c5ccc(OC)cc45)nn23)c1. The molecule has 3 aromatic heterocycles. The average Bonchev–Trinajstić information content (AvgIpc) is 3.43. The molecule has 7 nitrogen and oxygen atoms in total. The molecule has 0 aliphatic heterocycles. The van der Waals surface area contributed by atoms with Crippen LogP contribution in [0.1, 0.15) is 10.6 Å². The van der Waals surface area contributed by atoms with Gasteiger partial charge in [0.2, 0.25) is 4.96 Å². The summed E-state index contributed by atoms with van der Waals surface area (Å²) in [6.07, 6.45) is 2.68. The van der Waals surface area contributed by atoms with Crippen LogP contribution in [0.15, 0.2) is 42.6 Å². The molecule has 5 aromatic rings. The highest BCUT2D eigenvalue weighted by Crippen LogP contribution is 2.32. The van der Waals surface area contributed by atoms with Crippen LogP contribution < -0.4 is 9.47 Å². The Morgan fingerprint density at radius 3 is 2.69 bits per heavy atom. The third-order valence-electron chi connectivity index (χ3n) is 4.76. The van der Waals surface area contributed by atoms with Crippen molar-refractivity contribution in [1.29, 1.82) is 0 Å². The summed E-state index contributed by atoms with van der Waals surface area (Å²) in [5.41, 5.74) is 2.93. The molecule has 3 heterocycles. The Labute approximate surface area is 174 Å². The number of H-pyrrole nitrogens is 1. The second kappa shape index (κ2) is 7.06. The van der Waals surface area contributed by atoms with Gasteiger partial charge in [-0.3, -0.25) is 0 Å². The predicted molar refractivity (Wildman–Crippen MR) is 113 cm³/mol. The Kier molecular flexibility index (Phi) is 4.37. The van der Waals surface area contributed by atoms with E-state index in [4.69, 9.17) is 26.2 Å². The van der Waals surface area contributed by atoms with Gasteiger partial charge in [0.05, 0.1) is 19.2 Å². The monoisotopic (exact) mass is 425 g/mol. The largest absolute Gasteiger partial charge is 0.497 e. The Morgan fingerprint density at radius 2 is 1.86 bits per heavy atom. The summed E-state index contributed by atoms with van der Waals surface area (Å²) in [6, 6.07) is 11.4. The fourth-order valence-electron chi connectivity index (χ4n) is 3.29. The third kappa shape index (κ3) is 3.10. The zero-order valence-electron chi connectivity index (χ0n) is 15.6. The van der Waals surface area contributed by atoms with Crippen molar-refractivity contribution in [3.8, 4) is 22.9 Å². The predicted octanol–water partition coefficient (Wildman–Crippen LogP) is 4.60. The standard InChI is InChI=1S/C20H16ClN5O2S/c1-27-12-3-5-16(21)15(9-12)19-23-24-20-26(19)25-18(29-20)7-11-10-22-17-6-4-13(28-2)8-14(11)17/h3-6,8-10,22H,7H2,1-2H3. The molecule has 29 heavy (non-hydrogen) atoms. The van der Waals surface area contributed by atoms with Crippen LogP contribution in [0, 0.1) is 0 Å². The van der Waals surface area contributed by atoms with E-state index >= 15 is 0 Å². The normalized spacial score (nSPS) is 11.4. The first-order chi connectivity index (χ1) is 14.2. The van der Waals surface area contributed by atoms with Gasteiger partial charge in [0.1, 0.15) is 16.5 Å². The van der Waals surface area contributed by atoms with Crippen molar-refractivity contribution in [2.75, 3.05) is 14.2 Å². The molecule has 2 aromatic carbocycles. The maximum absolute atomic E-state index is 6.38. The molecular formula is C20H16ClN5O2S. The Bertz CT molecular complexity index is 1340. The van der Waals surface area contributed by atoms with Crippen molar-refractivity contribution in [2.24, 2.45) is 0 Å². The fourth-order valence-corrected chi connectivity index (χ4v) is 4.35. The van der Waals surface area contributed by atoms with Gasteiger partial charge in [-0.05, 0) is 42.0 Å². The molecule has 146 valence electrons. The number of hydrogen-bond acceptors (Lipinski definition) is 6. The van der Waals surface area contributed by atoms with Crippen LogP contribution in [0.4, 0.5) is 0 Å². The number of nitrogens with zero attached hydrogens (tertiary/aromatic N) is 4. The lowest BCUT2D eigenvalue weighted by Crippen LogP contribution is -1.95. The van der Waals surface area contributed by atoms with Crippen molar-refractivity contribution in [3.63, 3.8) is 0 Å². The molecule has 0 radical (unpaired) electrons. The van der Waals surface area contributed by atoms with Crippen molar-refractivity contribution >= 4 is 38.8 Å². The number of hydrogen-bond donors (Lipinski definition) is 1. The number of halogens is 1. The topological polar surface area (TPSA) is 77.3 Å². The molecular weight excluding hydrogens is 410 g/mol. The number of fused-ring (bicyclic) bond motifs is 2. The number of aromatic nitrogens is 5. The molecule has 9 heteroatoms. The smallest absolute Gasteiger partial charge is 0.234 e. The van der Waals surface area contributed by atoms with E-state index < -0.39 is 0 Å². The zero-order chi connectivity index (χ0) is 20.0. The lowest BCUT2D eigenvalue weighted by molar-refractivity contribution is 0.415. The minimum atomic E-state index is 0.568. The van der Waals surface area contributed by atoms with Gasteiger partial charge in [0.25, 0.3) is 0 Å². The van der Waals surface area contributed by atoms with Gasteiger partial charge in [-0.1, -0.05) is 22.9 Å². The van der Waals surface area contributed by atoms with E-state index in [2.05, 4.69) is 15.2 Å². The molecule has 0 spiro atoms. The highest BCUT2D eigenvalue weighted by molar-refractivity contribution is 7.16. The zero-order valence-corrected chi connectivity index (χ0v) is 17.2. The Morgan fingerprint density at radius 1 is 1.07 bits per heavy atom. The number of rotatable bonds is 5. The molecule has 0 saturated carbocycles. The summed E-state index contributed by atoms with van der Waals surface area (Å²) in [4.78, 5) is 4.01. The van der Waals surface area contributed by atoms with E-state index in [0.29, 0.717) is 28.0 Å². The molecule has 0 aliphatic rings. The maximum atomic E-state index is 6.38. The van der Waals surface area contributed by atoms with Gasteiger partial charge in [-0.25, -0.2) is 0 Å². The lowest BCUT2D eigenvalue weighted by atomic mass is 10.1. The molecule has 0 bridgehead atoms. The summed E-state index contributed by atoms with van der Waals surface area (Å²) in [7, 11) is 3.28. The molecule has 0 fully saturated rings. The quantitative estimate of drug-likeness (QED) is 0.445. The molecule has 1 N–H and O–H groups in total. The number of ether oxygens (including phenoxy) is 2. The summed E-state index contributed by atoms with van der Waals surface area (Å²) in [5.74, 6) is 2.11. The minimum absolute atomic E-state index is 0.568. The van der Waals surface area contributed by atoms with Crippen LogP contribution in [0.2, 0.25) is 5.02 Å². The van der Waals surface area contributed by atoms with Crippen molar-refractivity contribution < 1.29 is 9.47 Å². The second-order valence-electron chi connectivity index (χ2n) is 6.46. The van der Waals surface area contributed by atoms with Crippen LogP contribution in [-0.4, -0.2) is 39.0 Å². The first-order valence-electron chi connectivity index (χ1n) is 8.85. The molecule has 0 aliphatic carbocycles. The minimum Gasteiger partial charge on any atom is -0.497 e. The van der Waals surface area contributed by atoms with Crippen LogP contribution in [0.5, 0.6) is 11.5 Å². The summed E-state index contributed by atoms with van der Waals surface area (Å²) in [6.45, 7) is 0. The number of methoxy groups -OCH3 is 2. The molecule has 0 unspecified atom stereocenters.